The summed E-state index contributed by atoms with van der Waals surface area (Å²) in [5, 5.41) is 7.18. The van der Waals surface area contributed by atoms with Gasteiger partial charge in [-0.05, 0) is 12.1 Å². The molecule has 0 aliphatic rings. The lowest BCUT2D eigenvalue weighted by atomic mass is 10.2. The predicted molar refractivity (Wildman–Crippen MR) is 75.3 cm³/mol. The maximum absolute atomic E-state index is 11.6. The molecule has 0 saturated carbocycles. The van der Waals surface area contributed by atoms with Gasteiger partial charge < -0.3 is 11.1 Å². The molecule has 0 aliphatic carbocycles. The number of rotatable bonds is 4. The van der Waals surface area contributed by atoms with Crippen molar-refractivity contribution in [2.24, 2.45) is 5.73 Å². The second kappa shape index (κ2) is 6.86. The summed E-state index contributed by atoms with van der Waals surface area (Å²) < 4.78 is 1.50. The number of para-hydroxylation sites is 1. The van der Waals surface area contributed by atoms with Crippen LogP contribution in [-0.4, -0.2) is 28.8 Å². The number of benzene rings is 1. The second-order valence-electron chi connectivity index (χ2n) is 3.82. The molecule has 0 spiro atoms. The first-order valence-electron chi connectivity index (χ1n) is 5.64. The smallest absolute Gasteiger partial charge is 0.241 e. The van der Waals surface area contributed by atoms with E-state index in [1.54, 1.807) is 24.3 Å². The standard InChI is InChI=1S/C12H14N4O2.ClH/c13-5-6-14-12(18)8-16-10-4-2-1-3-9(10)11(17)7-15-16;/h1-4,7H,5-6,8,13H2,(H,14,18);1H. The van der Waals surface area contributed by atoms with E-state index >= 15 is 0 Å². The third-order valence-corrected chi connectivity index (χ3v) is 2.52. The van der Waals surface area contributed by atoms with Crippen molar-refractivity contribution >= 4 is 29.2 Å². The molecule has 2 aromatic rings. The molecule has 0 unspecified atom stereocenters. The average Bonchev–Trinajstić information content (AvgIpc) is 2.40. The normalized spacial score (nSPS) is 9.95. The fraction of sp³-hybridized carbons (Fsp3) is 0.250. The molecule has 1 aromatic carbocycles. The third kappa shape index (κ3) is 3.52. The van der Waals surface area contributed by atoms with Crippen LogP contribution in [0.15, 0.2) is 35.3 Å². The van der Waals surface area contributed by atoms with Gasteiger partial charge in [-0.1, -0.05) is 12.1 Å². The summed E-state index contributed by atoms with van der Waals surface area (Å²) in [6, 6.07) is 7.06. The van der Waals surface area contributed by atoms with Crippen LogP contribution in [0.2, 0.25) is 0 Å². The highest BCUT2D eigenvalue weighted by molar-refractivity contribution is 5.85. The van der Waals surface area contributed by atoms with E-state index in [9.17, 15) is 9.59 Å². The number of hydrogen-bond donors (Lipinski definition) is 2. The number of amides is 1. The Morgan fingerprint density at radius 1 is 1.37 bits per heavy atom. The van der Waals surface area contributed by atoms with Gasteiger partial charge in [-0.3, -0.25) is 14.3 Å². The Morgan fingerprint density at radius 3 is 2.84 bits per heavy atom. The number of carbonyl (C=O) groups excluding carboxylic acids is 1. The highest BCUT2D eigenvalue weighted by atomic mass is 35.5. The minimum Gasteiger partial charge on any atom is -0.353 e. The highest BCUT2D eigenvalue weighted by Gasteiger charge is 2.06. The fourth-order valence-electron chi connectivity index (χ4n) is 1.69. The van der Waals surface area contributed by atoms with E-state index in [1.807, 2.05) is 0 Å². The lowest BCUT2D eigenvalue weighted by molar-refractivity contribution is -0.121. The van der Waals surface area contributed by atoms with E-state index < -0.39 is 0 Å². The number of carbonyl (C=O) groups is 1. The van der Waals surface area contributed by atoms with Crippen LogP contribution in [-0.2, 0) is 11.3 Å². The van der Waals surface area contributed by atoms with Crippen LogP contribution in [0.5, 0.6) is 0 Å². The first-order valence-corrected chi connectivity index (χ1v) is 5.64. The van der Waals surface area contributed by atoms with Crippen LogP contribution in [0.3, 0.4) is 0 Å². The molecule has 0 aliphatic heterocycles. The van der Waals surface area contributed by atoms with E-state index in [0.717, 1.165) is 0 Å². The molecule has 2 rings (SSSR count). The largest absolute Gasteiger partial charge is 0.353 e. The van der Waals surface area contributed by atoms with Crippen molar-refractivity contribution in [3.8, 4) is 0 Å². The Balaban J connectivity index is 0.00000180. The molecule has 1 aromatic heterocycles. The van der Waals surface area contributed by atoms with Crippen LogP contribution >= 0.6 is 12.4 Å². The minimum atomic E-state index is -0.179. The summed E-state index contributed by atoms with van der Waals surface area (Å²) in [5.41, 5.74) is 5.80. The van der Waals surface area contributed by atoms with E-state index in [1.165, 1.54) is 10.9 Å². The number of nitrogens with zero attached hydrogens (tertiary/aromatic N) is 2. The monoisotopic (exact) mass is 282 g/mol. The number of fused-ring (bicyclic) bond motifs is 1. The molecule has 19 heavy (non-hydrogen) atoms. The van der Waals surface area contributed by atoms with Gasteiger partial charge in [0.1, 0.15) is 6.54 Å². The van der Waals surface area contributed by atoms with Crippen LogP contribution in [0.25, 0.3) is 10.9 Å². The topological polar surface area (TPSA) is 90.0 Å². The summed E-state index contributed by atoms with van der Waals surface area (Å²) in [4.78, 5) is 23.2. The van der Waals surface area contributed by atoms with Crippen molar-refractivity contribution in [2.45, 2.75) is 6.54 Å². The summed E-state index contributed by atoms with van der Waals surface area (Å²) in [5.74, 6) is -0.179. The zero-order chi connectivity index (χ0) is 13.0. The van der Waals surface area contributed by atoms with Crippen LogP contribution in [0, 0.1) is 0 Å². The van der Waals surface area contributed by atoms with Crippen LogP contribution < -0.4 is 16.5 Å². The van der Waals surface area contributed by atoms with Gasteiger partial charge in [0.25, 0.3) is 0 Å². The molecule has 7 heteroatoms. The lowest BCUT2D eigenvalue weighted by Gasteiger charge is -2.09. The Morgan fingerprint density at radius 2 is 2.11 bits per heavy atom. The molecule has 0 radical (unpaired) electrons. The molecule has 6 nitrogen and oxygen atoms in total. The molecule has 0 fully saturated rings. The maximum Gasteiger partial charge on any atom is 0.241 e. The zero-order valence-electron chi connectivity index (χ0n) is 10.2. The number of nitrogens with one attached hydrogen (secondary N) is 1. The van der Waals surface area contributed by atoms with Crippen LogP contribution in [0.4, 0.5) is 0 Å². The molecular formula is C12H15ClN4O2. The molecule has 1 heterocycles. The van der Waals surface area contributed by atoms with Crippen molar-refractivity contribution in [1.82, 2.24) is 15.1 Å². The Bertz CT molecular complexity index is 626. The van der Waals surface area contributed by atoms with Gasteiger partial charge >= 0.3 is 0 Å². The van der Waals surface area contributed by atoms with Gasteiger partial charge in [-0.2, -0.15) is 5.10 Å². The van der Waals surface area contributed by atoms with Crippen molar-refractivity contribution in [3.05, 3.63) is 40.7 Å². The van der Waals surface area contributed by atoms with E-state index in [0.29, 0.717) is 24.0 Å². The fourth-order valence-corrected chi connectivity index (χ4v) is 1.69. The van der Waals surface area contributed by atoms with Crippen LogP contribution in [0.1, 0.15) is 0 Å². The Kier molecular flexibility index (Phi) is 5.47. The lowest BCUT2D eigenvalue weighted by Crippen LogP contribution is -2.32. The van der Waals surface area contributed by atoms with Crippen molar-refractivity contribution in [2.75, 3.05) is 13.1 Å². The van der Waals surface area contributed by atoms with Gasteiger partial charge in [-0.15, -0.1) is 12.4 Å². The average molecular weight is 283 g/mol. The molecule has 102 valence electrons. The highest BCUT2D eigenvalue weighted by Crippen LogP contribution is 2.07. The van der Waals surface area contributed by atoms with E-state index in [2.05, 4.69) is 10.4 Å². The second-order valence-corrected chi connectivity index (χ2v) is 3.82. The maximum atomic E-state index is 11.6. The molecule has 0 saturated heterocycles. The number of aromatic nitrogens is 2. The minimum absolute atomic E-state index is 0. The third-order valence-electron chi connectivity index (χ3n) is 2.52. The zero-order valence-corrected chi connectivity index (χ0v) is 11.0. The quantitative estimate of drug-likeness (QED) is 0.819. The van der Waals surface area contributed by atoms with Crippen molar-refractivity contribution in [1.29, 1.82) is 0 Å². The molecular weight excluding hydrogens is 268 g/mol. The van der Waals surface area contributed by atoms with E-state index in [-0.39, 0.29) is 30.3 Å². The molecule has 3 N–H and O–H groups in total. The summed E-state index contributed by atoms with van der Waals surface area (Å²) in [6.07, 6.45) is 1.22. The van der Waals surface area contributed by atoms with E-state index in [4.69, 9.17) is 5.73 Å². The predicted octanol–water partition coefficient (Wildman–Crippen LogP) is -0.107. The first kappa shape index (κ1) is 15.1. The molecule has 0 bridgehead atoms. The van der Waals surface area contributed by atoms with Gasteiger partial charge in [0, 0.05) is 18.5 Å². The number of nitrogens with two attached hydrogens (primary N) is 1. The number of hydrogen-bond acceptors (Lipinski definition) is 4. The number of halogens is 1. The SMILES string of the molecule is Cl.NCCNC(=O)Cn1ncc(=O)c2ccccc21. The van der Waals surface area contributed by atoms with Gasteiger partial charge in [0.05, 0.1) is 11.7 Å². The Hall–Kier alpha value is -1.92. The van der Waals surface area contributed by atoms with Gasteiger partial charge in [0.15, 0.2) is 0 Å². The first-order chi connectivity index (χ1) is 8.72. The van der Waals surface area contributed by atoms with Gasteiger partial charge in [-0.25, -0.2) is 0 Å². The summed E-state index contributed by atoms with van der Waals surface area (Å²) in [7, 11) is 0. The van der Waals surface area contributed by atoms with Crippen molar-refractivity contribution in [3.63, 3.8) is 0 Å². The van der Waals surface area contributed by atoms with Gasteiger partial charge in [0.2, 0.25) is 11.3 Å². The Labute approximate surface area is 116 Å². The summed E-state index contributed by atoms with van der Waals surface area (Å²) >= 11 is 0. The van der Waals surface area contributed by atoms with Crippen molar-refractivity contribution < 1.29 is 4.79 Å². The molecule has 0 atom stereocenters. The summed E-state index contributed by atoms with van der Waals surface area (Å²) in [6.45, 7) is 0.891. The molecule has 1 amide bonds.